The smallest absolute Gasteiger partial charge is 0.220 e. The van der Waals surface area contributed by atoms with Crippen molar-refractivity contribution in [2.75, 3.05) is 6.54 Å². The van der Waals surface area contributed by atoms with Gasteiger partial charge in [0.25, 0.3) is 0 Å². The van der Waals surface area contributed by atoms with Gasteiger partial charge < -0.3 is 15.5 Å². The molecule has 1 aromatic rings. The summed E-state index contributed by atoms with van der Waals surface area (Å²) >= 11 is 0. The lowest BCUT2D eigenvalue weighted by Crippen LogP contribution is -2.23. The predicted octanol–water partition coefficient (Wildman–Crippen LogP) is 1.75. The van der Waals surface area contributed by atoms with Crippen molar-refractivity contribution in [2.45, 2.75) is 46.1 Å². The van der Waals surface area contributed by atoms with Gasteiger partial charge in [-0.2, -0.15) is 0 Å². The van der Waals surface area contributed by atoms with E-state index >= 15 is 0 Å². The molecule has 102 valence electrons. The molecule has 1 rings (SSSR count). The number of carbonyl (C=O) groups excluding carboxylic acids is 1. The number of hydrogen-bond donors (Lipinski definition) is 2. The summed E-state index contributed by atoms with van der Waals surface area (Å²) in [6.07, 6.45) is 5.14. The Bertz CT molecular complexity index is 363. The Morgan fingerprint density at radius 2 is 2.33 bits per heavy atom. The van der Waals surface area contributed by atoms with Crippen molar-refractivity contribution in [3.63, 3.8) is 0 Å². The number of rotatable bonds is 8. The average Bonchev–Trinajstić information content (AvgIpc) is 2.77. The second-order valence-electron chi connectivity index (χ2n) is 4.53. The minimum Gasteiger partial charge on any atom is -0.444 e. The van der Waals surface area contributed by atoms with Crippen molar-refractivity contribution in [1.29, 1.82) is 0 Å². The van der Waals surface area contributed by atoms with E-state index in [1.807, 2.05) is 6.92 Å². The maximum atomic E-state index is 11.6. The summed E-state index contributed by atoms with van der Waals surface area (Å²) in [4.78, 5) is 15.7. The van der Waals surface area contributed by atoms with Crippen LogP contribution >= 0.6 is 0 Å². The van der Waals surface area contributed by atoms with Crippen LogP contribution in [0.5, 0.6) is 0 Å². The lowest BCUT2D eigenvalue weighted by atomic mass is 9.96. The lowest BCUT2D eigenvalue weighted by Gasteiger charge is -2.12. The van der Waals surface area contributed by atoms with Gasteiger partial charge in [-0.15, -0.1) is 0 Å². The fourth-order valence-electron chi connectivity index (χ4n) is 1.87. The summed E-state index contributed by atoms with van der Waals surface area (Å²) < 4.78 is 5.28. The van der Waals surface area contributed by atoms with Crippen LogP contribution in [0.1, 0.15) is 44.3 Å². The van der Waals surface area contributed by atoms with Crippen LogP contribution in [-0.2, 0) is 11.3 Å². The van der Waals surface area contributed by atoms with Gasteiger partial charge in [-0.25, -0.2) is 4.98 Å². The zero-order valence-corrected chi connectivity index (χ0v) is 11.2. The van der Waals surface area contributed by atoms with E-state index in [-0.39, 0.29) is 5.91 Å². The van der Waals surface area contributed by atoms with Crippen LogP contribution in [0.15, 0.2) is 10.6 Å². The molecule has 0 saturated heterocycles. The molecule has 1 amide bonds. The van der Waals surface area contributed by atoms with E-state index in [1.54, 1.807) is 6.20 Å². The van der Waals surface area contributed by atoms with Crippen LogP contribution in [0, 0.1) is 12.8 Å². The quantitative estimate of drug-likeness (QED) is 0.739. The second kappa shape index (κ2) is 7.87. The van der Waals surface area contributed by atoms with Crippen molar-refractivity contribution < 1.29 is 9.21 Å². The number of nitrogens with zero attached hydrogens (tertiary/aromatic N) is 1. The molecule has 5 nitrogen and oxygen atoms in total. The van der Waals surface area contributed by atoms with Crippen molar-refractivity contribution in [2.24, 2.45) is 11.7 Å². The maximum absolute atomic E-state index is 11.6. The first-order chi connectivity index (χ1) is 8.65. The number of oxazole rings is 1. The molecule has 0 radical (unpaired) electrons. The minimum atomic E-state index is 0.0429. The molecule has 1 atom stereocenters. The third-order valence-corrected chi connectivity index (χ3v) is 3.04. The number of hydrogen-bond acceptors (Lipinski definition) is 4. The van der Waals surface area contributed by atoms with Gasteiger partial charge in [0.15, 0.2) is 0 Å². The summed E-state index contributed by atoms with van der Waals surface area (Å²) in [6, 6.07) is 0. The van der Waals surface area contributed by atoms with Gasteiger partial charge in [0.1, 0.15) is 5.76 Å². The van der Waals surface area contributed by atoms with E-state index in [0.29, 0.717) is 31.3 Å². The van der Waals surface area contributed by atoms with E-state index in [0.717, 1.165) is 25.0 Å². The molecule has 1 unspecified atom stereocenters. The molecule has 0 aliphatic carbocycles. The Balaban J connectivity index is 2.21. The van der Waals surface area contributed by atoms with Gasteiger partial charge in [-0.3, -0.25) is 4.79 Å². The molecular formula is C13H23N3O2. The molecule has 0 aliphatic heterocycles. The molecule has 0 saturated carbocycles. The zero-order chi connectivity index (χ0) is 13.4. The average molecular weight is 253 g/mol. The van der Waals surface area contributed by atoms with Gasteiger partial charge in [-0.1, -0.05) is 13.3 Å². The number of aryl methyl sites for hydroxylation is 1. The lowest BCUT2D eigenvalue weighted by molar-refractivity contribution is -0.121. The van der Waals surface area contributed by atoms with Crippen molar-refractivity contribution >= 4 is 5.91 Å². The first-order valence-corrected chi connectivity index (χ1v) is 6.53. The molecule has 0 bridgehead atoms. The Labute approximate surface area is 108 Å². The van der Waals surface area contributed by atoms with E-state index in [4.69, 9.17) is 10.2 Å². The highest BCUT2D eigenvalue weighted by atomic mass is 16.4. The Kier molecular flexibility index (Phi) is 6.43. The van der Waals surface area contributed by atoms with Crippen LogP contribution in [0.2, 0.25) is 0 Å². The van der Waals surface area contributed by atoms with Gasteiger partial charge in [0, 0.05) is 6.42 Å². The van der Waals surface area contributed by atoms with Gasteiger partial charge in [-0.05, 0) is 32.2 Å². The largest absolute Gasteiger partial charge is 0.444 e. The van der Waals surface area contributed by atoms with Crippen molar-refractivity contribution in [1.82, 2.24) is 10.3 Å². The van der Waals surface area contributed by atoms with Crippen molar-refractivity contribution in [3.8, 4) is 0 Å². The van der Waals surface area contributed by atoms with E-state index in [9.17, 15) is 4.79 Å². The molecule has 18 heavy (non-hydrogen) atoms. The number of nitrogens with one attached hydrogen (secondary N) is 1. The Hall–Kier alpha value is -1.36. The highest BCUT2D eigenvalue weighted by Crippen LogP contribution is 2.14. The van der Waals surface area contributed by atoms with E-state index in [1.165, 1.54) is 0 Å². The molecular weight excluding hydrogens is 230 g/mol. The van der Waals surface area contributed by atoms with Crippen LogP contribution < -0.4 is 11.1 Å². The summed E-state index contributed by atoms with van der Waals surface area (Å²) in [5, 5.41) is 2.81. The SMILES string of the molecule is CCC(CCN)CCC(=O)NCc1ncc(C)o1. The molecule has 0 spiro atoms. The number of nitrogens with two attached hydrogens (primary N) is 1. The van der Waals surface area contributed by atoms with E-state index < -0.39 is 0 Å². The molecule has 1 aromatic heterocycles. The standard InChI is InChI=1S/C13H23N3O2/c1-3-11(6-7-14)4-5-12(17)15-9-13-16-8-10(2)18-13/h8,11H,3-7,9,14H2,1-2H3,(H,15,17). The molecule has 0 fully saturated rings. The second-order valence-corrected chi connectivity index (χ2v) is 4.53. The van der Waals surface area contributed by atoms with E-state index in [2.05, 4.69) is 17.2 Å². The van der Waals surface area contributed by atoms with Gasteiger partial charge in [0.2, 0.25) is 11.8 Å². The van der Waals surface area contributed by atoms with Crippen LogP contribution in [0.25, 0.3) is 0 Å². The van der Waals surface area contributed by atoms with Gasteiger partial charge >= 0.3 is 0 Å². The zero-order valence-electron chi connectivity index (χ0n) is 11.2. The number of amides is 1. The third kappa shape index (κ3) is 5.31. The fourth-order valence-corrected chi connectivity index (χ4v) is 1.87. The first kappa shape index (κ1) is 14.7. The summed E-state index contributed by atoms with van der Waals surface area (Å²) in [5.74, 6) is 1.90. The predicted molar refractivity (Wildman–Crippen MR) is 69.8 cm³/mol. The normalized spacial score (nSPS) is 12.4. The molecule has 5 heteroatoms. The first-order valence-electron chi connectivity index (χ1n) is 6.53. The van der Waals surface area contributed by atoms with Crippen LogP contribution in [0.3, 0.4) is 0 Å². The fraction of sp³-hybridized carbons (Fsp3) is 0.692. The molecule has 1 heterocycles. The van der Waals surface area contributed by atoms with Crippen LogP contribution in [-0.4, -0.2) is 17.4 Å². The van der Waals surface area contributed by atoms with Gasteiger partial charge in [0.05, 0.1) is 12.7 Å². The van der Waals surface area contributed by atoms with Crippen molar-refractivity contribution in [3.05, 3.63) is 17.8 Å². The summed E-state index contributed by atoms with van der Waals surface area (Å²) in [7, 11) is 0. The monoisotopic (exact) mass is 253 g/mol. The highest BCUT2D eigenvalue weighted by molar-refractivity contribution is 5.75. The third-order valence-electron chi connectivity index (χ3n) is 3.04. The molecule has 0 aliphatic rings. The number of carbonyl (C=O) groups is 1. The maximum Gasteiger partial charge on any atom is 0.220 e. The minimum absolute atomic E-state index is 0.0429. The summed E-state index contributed by atoms with van der Waals surface area (Å²) in [5.41, 5.74) is 5.53. The topological polar surface area (TPSA) is 81.2 Å². The van der Waals surface area contributed by atoms with Crippen LogP contribution in [0.4, 0.5) is 0 Å². The summed E-state index contributed by atoms with van der Waals surface area (Å²) in [6.45, 7) is 5.01. The Morgan fingerprint density at radius 3 is 2.89 bits per heavy atom. The Morgan fingerprint density at radius 1 is 1.56 bits per heavy atom. The number of aromatic nitrogens is 1. The molecule has 0 aromatic carbocycles. The molecule has 3 N–H and O–H groups in total. The highest BCUT2D eigenvalue weighted by Gasteiger charge is 2.09.